The summed E-state index contributed by atoms with van der Waals surface area (Å²) in [5.74, 6) is 0.00832. The summed E-state index contributed by atoms with van der Waals surface area (Å²) in [7, 11) is 1.71. The molecule has 1 N–H and O–H groups in total. The van der Waals surface area contributed by atoms with Crippen LogP contribution in [0, 0.1) is 0 Å². The fourth-order valence-electron chi connectivity index (χ4n) is 2.94. The lowest BCUT2D eigenvalue weighted by atomic mass is 10.0. The summed E-state index contributed by atoms with van der Waals surface area (Å²) in [6.07, 6.45) is 3.43. The van der Waals surface area contributed by atoms with Crippen LogP contribution in [0.2, 0.25) is 0 Å². The molecule has 4 nitrogen and oxygen atoms in total. The van der Waals surface area contributed by atoms with Crippen LogP contribution in [0.3, 0.4) is 0 Å². The van der Waals surface area contributed by atoms with Crippen molar-refractivity contribution in [1.82, 2.24) is 4.57 Å². The van der Waals surface area contributed by atoms with Gasteiger partial charge in [-0.05, 0) is 24.3 Å². The lowest BCUT2D eigenvalue weighted by Gasteiger charge is -2.10. The van der Waals surface area contributed by atoms with E-state index in [-0.39, 0.29) is 16.9 Å². The van der Waals surface area contributed by atoms with Gasteiger partial charge in [0.25, 0.3) is 5.56 Å². The number of allylic oxidation sites excluding steroid dienone is 1. The molecule has 0 unspecified atom stereocenters. The number of aliphatic imine (C=N–C) groups is 1. The molecule has 0 fully saturated rings. The van der Waals surface area contributed by atoms with Crippen molar-refractivity contribution in [3.63, 3.8) is 0 Å². The maximum Gasteiger partial charge on any atom is 0.261 e. The monoisotopic (exact) mass is 302 g/mol. The SMILES string of the molecule is Cn1c(=O)c(/C=C2\C=Nc3ccccc32)c(O)c2ccccc21. The fraction of sp³-hybridized carbons (Fsp3) is 0.0526. The molecule has 4 rings (SSSR count). The van der Waals surface area contributed by atoms with Gasteiger partial charge in [-0.25, -0.2) is 0 Å². The van der Waals surface area contributed by atoms with Crippen molar-refractivity contribution < 1.29 is 5.11 Å². The zero-order valence-electron chi connectivity index (χ0n) is 12.5. The molecule has 0 saturated carbocycles. The van der Waals surface area contributed by atoms with Gasteiger partial charge in [0.15, 0.2) is 0 Å². The van der Waals surface area contributed by atoms with Crippen LogP contribution >= 0.6 is 0 Å². The molecule has 2 heterocycles. The van der Waals surface area contributed by atoms with E-state index >= 15 is 0 Å². The summed E-state index contributed by atoms with van der Waals surface area (Å²) in [4.78, 5) is 17.0. The van der Waals surface area contributed by atoms with Gasteiger partial charge in [-0.1, -0.05) is 30.3 Å². The molecule has 0 amide bonds. The molecule has 0 bridgehead atoms. The first kappa shape index (κ1) is 13.5. The number of aromatic nitrogens is 1. The van der Waals surface area contributed by atoms with Crippen molar-refractivity contribution in [2.75, 3.05) is 0 Å². The number of rotatable bonds is 1. The highest BCUT2D eigenvalue weighted by Crippen LogP contribution is 2.34. The van der Waals surface area contributed by atoms with Crippen molar-refractivity contribution in [1.29, 1.82) is 0 Å². The van der Waals surface area contributed by atoms with E-state index in [9.17, 15) is 9.90 Å². The van der Waals surface area contributed by atoms with Crippen molar-refractivity contribution in [3.8, 4) is 5.75 Å². The van der Waals surface area contributed by atoms with Crippen molar-refractivity contribution in [2.24, 2.45) is 12.0 Å². The molecule has 1 aromatic heterocycles. The highest BCUT2D eigenvalue weighted by Gasteiger charge is 2.16. The molecule has 23 heavy (non-hydrogen) atoms. The zero-order valence-corrected chi connectivity index (χ0v) is 12.5. The number of fused-ring (bicyclic) bond motifs is 2. The summed E-state index contributed by atoms with van der Waals surface area (Å²) >= 11 is 0. The van der Waals surface area contributed by atoms with Crippen LogP contribution in [0.15, 0.2) is 58.3 Å². The third kappa shape index (κ3) is 1.99. The largest absolute Gasteiger partial charge is 0.506 e. The average molecular weight is 302 g/mol. The maximum atomic E-state index is 12.6. The number of aromatic hydroxyl groups is 1. The molecule has 1 aliphatic rings. The molecule has 4 heteroatoms. The van der Waals surface area contributed by atoms with E-state index in [0.717, 1.165) is 16.8 Å². The zero-order chi connectivity index (χ0) is 16.0. The van der Waals surface area contributed by atoms with E-state index in [0.29, 0.717) is 10.9 Å². The lowest BCUT2D eigenvalue weighted by Crippen LogP contribution is -2.19. The van der Waals surface area contributed by atoms with Gasteiger partial charge in [-0.15, -0.1) is 0 Å². The summed E-state index contributed by atoms with van der Waals surface area (Å²) in [6, 6.07) is 15.0. The molecule has 2 aromatic carbocycles. The van der Waals surface area contributed by atoms with Gasteiger partial charge in [0, 0.05) is 29.8 Å². The maximum absolute atomic E-state index is 12.6. The van der Waals surface area contributed by atoms with E-state index in [1.807, 2.05) is 48.5 Å². The van der Waals surface area contributed by atoms with Crippen molar-refractivity contribution in [3.05, 3.63) is 70.0 Å². The Morgan fingerprint density at radius 1 is 1.09 bits per heavy atom. The Balaban J connectivity index is 2.00. The Labute approximate surface area is 132 Å². The Morgan fingerprint density at radius 2 is 1.83 bits per heavy atom. The van der Waals surface area contributed by atoms with E-state index < -0.39 is 0 Å². The summed E-state index contributed by atoms with van der Waals surface area (Å²) in [5, 5.41) is 11.2. The molecular formula is C19H14N2O2. The Hall–Kier alpha value is -3.14. The highest BCUT2D eigenvalue weighted by molar-refractivity contribution is 6.21. The second kappa shape index (κ2) is 4.95. The predicted molar refractivity (Wildman–Crippen MR) is 93.3 cm³/mol. The summed E-state index contributed by atoms with van der Waals surface area (Å²) in [6.45, 7) is 0. The average Bonchev–Trinajstić information content (AvgIpc) is 3.00. The third-order valence-corrected chi connectivity index (χ3v) is 4.17. The number of para-hydroxylation sites is 2. The van der Waals surface area contributed by atoms with Gasteiger partial charge < -0.3 is 9.67 Å². The molecule has 112 valence electrons. The van der Waals surface area contributed by atoms with Crippen LogP contribution in [0.1, 0.15) is 11.1 Å². The van der Waals surface area contributed by atoms with Crippen LogP contribution in [0.4, 0.5) is 5.69 Å². The molecular weight excluding hydrogens is 288 g/mol. The number of benzene rings is 2. The second-order valence-corrected chi connectivity index (χ2v) is 5.52. The Morgan fingerprint density at radius 3 is 2.70 bits per heavy atom. The van der Waals surface area contributed by atoms with Crippen molar-refractivity contribution >= 4 is 34.5 Å². The minimum Gasteiger partial charge on any atom is -0.506 e. The lowest BCUT2D eigenvalue weighted by molar-refractivity contribution is 0.478. The molecule has 0 atom stereocenters. The molecule has 0 saturated heterocycles. The minimum atomic E-state index is -0.230. The number of aryl methyl sites for hydroxylation is 1. The smallest absolute Gasteiger partial charge is 0.261 e. The number of hydrogen-bond donors (Lipinski definition) is 1. The molecule has 0 radical (unpaired) electrons. The van der Waals surface area contributed by atoms with Gasteiger partial charge in [0.05, 0.1) is 16.8 Å². The number of nitrogens with zero attached hydrogens (tertiary/aromatic N) is 2. The molecule has 1 aliphatic heterocycles. The van der Waals surface area contributed by atoms with Gasteiger partial charge >= 0.3 is 0 Å². The van der Waals surface area contributed by atoms with Crippen LogP contribution in [-0.4, -0.2) is 15.9 Å². The molecule has 3 aromatic rings. The Bertz CT molecular complexity index is 1060. The van der Waals surface area contributed by atoms with Crippen molar-refractivity contribution in [2.45, 2.75) is 0 Å². The van der Waals surface area contributed by atoms with E-state index in [1.165, 1.54) is 0 Å². The van der Waals surface area contributed by atoms with Crippen LogP contribution < -0.4 is 5.56 Å². The third-order valence-electron chi connectivity index (χ3n) is 4.17. The quantitative estimate of drug-likeness (QED) is 0.748. The van der Waals surface area contributed by atoms with Crippen LogP contribution in [0.5, 0.6) is 5.75 Å². The topological polar surface area (TPSA) is 54.6 Å². The number of pyridine rings is 1. The fourth-order valence-corrected chi connectivity index (χ4v) is 2.94. The number of hydrogen-bond acceptors (Lipinski definition) is 3. The van der Waals surface area contributed by atoms with E-state index in [1.54, 1.807) is 23.9 Å². The normalized spacial score (nSPS) is 14.6. The molecule has 0 spiro atoms. The van der Waals surface area contributed by atoms with Crippen LogP contribution in [-0.2, 0) is 7.05 Å². The van der Waals surface area contributed by atoms with Crippen LogP contribution in [0.25, 0.3) is 22.6 Å². The second-order valence-electron chi connectivity index (χ2n) is 5.52. The first-order chi connectivity index (χ1) is 11.2. The Kier molecular flexibility index (Phi) is 2.91. The summed E-state index contributed by atoms with van der Waals surface area (Å²) in [5.41, 5.74) is 3.41. The van der Waals surface area contributed by atoms with Gasteiger partial charge in [-0.3, -0.25) is 9.79 Å². The van der Waals surface area contributed by atoms with Gasteiger partial charge in [-0.2, -0.15) is 0 Å². The highest BCUT2D eigenvalue weighted by atomic mass is 16.3. The van der Waals surface area contributed by atoms with Gasteiger partial charge in [0.1, 0.15) is 5.75 Å². The summed E-state index contributed by atoms with van der Waals surface area (Å²) < 4.78 is 1.56. The minimum absolute atomic E-state index is 0.00832. The molecule has 0 aliphatic carbocycles. The van der Waals surface area contributed by atoms with Gasteiger partial charge in [0.2, 0.25) is 0 Å². The predicted octanol–water partition coefficient (Wildman–Crippen LogP) is 3.50. The first-order valence-electron chi connectivity index (χ1n) is 7.32. The van der Waals surface area contributed by atoms with E-state index in [2.05, 4.69) is 4.99 Å². The standard InChI is InChI=1S/C19H14N2O2/c1-21-17-9-5-3-7-14(17)18(22)15(19(21)23)10-12-11-20-16-8-4-2-6-13(12)16/h2-11,22H,1H3/b12-10+. The first-order valence-corrected chi connectivity index (χ1v) is 7.32. The van der Waals surface area contributed by atoms with E-state index in [4.69, 9.17) is 0 Å².